The second-order valence-corrected chi connectivity index (χ2v) is 9.01. The van der Waals surface area contributed by atoms with E-state index < -0.39 is 0 Å². The Kier molecular flexibility index (Phi) is 6.70. The van der Waals surface area contributed by atoms with Gasteiger partial charge in [0.25, 0.3) is 5.56 Å². The molecule has 0 atom stereocenters. The molecule has 0 radical (unpaired) electrons. The van der Waals surface area contributed by atoms with Crippen LogP contribution in [0.3, 0.4) is 0 Å². The normalized spacial score (nSPS) is 17.4. The summed E-state index contributed by atoms with van der Waals surface area (Å²) in [6.45, 7) is 0.620. The van der Waals surface area contributed by atoms with E-state index in [0.29, 0.717) is 34.4 Å². The van der Waals surface area contributed by atoms with Crippen molar-refractivity contribution in [3.05, 3.63) is 46.3 Å². The van der Waals surface area contributed by atoms with Crippen LogP contribution in [-0.4, -0.2) is 27.3 Å². The van der Waals surface area contributed by atoms with Crippen LogP contribution in [0.1, 0.15) is 57.8 Å². The molecule has 5 nitrogen and oxygen atoms in total. The first-order valence-electron chi connectivity index (χ1n) is 10.8. The highest BCUT2D eigenvalue weighted by molar-refractivity contribution is 7.99. The summed E-state index contributed by atoms with van der Waals surface area (Å²) < 4.78 is 1.77. The smallest absolute Gasteiger partial charge is 0.262 e. The second kappa shape index (κ2) is 9.61. The number of carbonyl (C=O) groups is 1. The molecule has 0 bridgehead atoms. The van der Waals surface area contributed by atoms with Crippen molar-refractivity contribution >= 4 is 28.6 Å². The third-order valence-electron chi connectivity index (χ3n) is 5.92. The highest BCUT2D eigenvalue weighted by atomic mass is 32.2. The van der Waals surface area contributed by atoms with E-state index in [2.05, 4.69) is 11.4 Å². The van der Waals surface area contributed by atoms with Gasteiger partial charge in [-0.25, -0.2) is 4.98 Å². The average molecular weight is 412 g/mol. The zero-order chi connectivity index (χ0) is 20.1. The number of benzene rings is 1. The van der Waals surface area contributed by atoms with Gasteiger partial charge in [0.1, 0.15) is 0 Å². The van der Waals surface area contributed by atoms with Crippen LogP contribution in [0.15, 0.2) is 45.9 Å². The van der Waals surface area contributed by atoms with Gasteiger partial charge in [0, 0.05) is 12.6 Å². The first kappa shape index (κ1) is 20.2. The molecule has 0 spiro atoms. The van der Waals surface area contributed by atoms with Crippen molar-refractivity contribution in [1.29, 1.82) is 0 Å². The number of amides is 1. The van der Waals surface area contributed by atoms with E-state index in [4.69, 9.17) is 4.98 Å². The molecule has 1 aromatic carbocycles. The molecule has 4 rings (SSSR count). The van der Waals surface area contributed by atoms with Crippen molar-refractivity contribution in [3.8, 4) is 0 Å². The van der Waals surface area contributed by atoms with Crippen molar-refractivity contribution in [2.75, 3.05) is 5.75 Å². The molecule has 1 fully saturated rings. The average Bonchev–Trinajstić information content (AvgIpc) is 3.25. The summed E-state index contributed by atoms with van der Waals surface area (Å²) in [5.74, 6) is 0.329. The van der Waals surface area contributed by atoms with Crippen molar-refractivity contribution in [1.82, 2.24) is 14.9 Å². The number of carbonyl (C=O) groups excluding carboxylic acids is 1. The van der Waals surface area contributed by atoms with Crippen LogP contribution in [0.4, 0.5) is 0 Å². The number of fused-ring (bicyclic) bond motifs is 1. The molecule has 0 aliphatic heterocycles. The Hall–Kier alpha value is -2.08. The fourth-order valence-electron chi connectivity index (χ4n) is 4.31. The number of hydrogen-bond acceptors (Lipinski definition) is 4. The molecule has 29 heavy (non-hydrogen) atoms. The molecule has 1 N–H and O–H groups in total. The minimum atomic E-state index is -0.00860. The third kappa shape index (κ3) is 5.10. The largest absolute Gasteiger partial charge is 0.353 e. The predicted octanol–water partition coefficient (Wildman–Crippen LogP) is 4.44. The Morgan fingerprint density at radius 1 is 1.17 bits per heavy atom. The summed E-state index contributed by atoms with van der Waals surface area (Å²) in [5.41, 5.74) is 2.13. The molecule has 0 unspecified atom stereocenters. The molecule has 1 saturated carbocycles. The molecule has 2 aromatic rings. The summed E-state index contributed by atoms with van der Waals surface area (Å²) in [4.78, 5) is 30.2. The number of para-hydroxylation sites is 1. The fraction of sp³-hybridized carbons (Fsp3) is 0.522. The van der Waals surface area contributed by atoms with Gasteiger partial charge in [-0.15, -0.1) is 0 Å². The van der Waals surface area contributed by atoms with Gasteiger partial charge in [-0.3, -0.25) is 14.2 Å². The van der Waals surface area contributed by atoms with Gasteiger partial charge in [-0.05, 0) is 57.1 Å². The molecule has 154 valence electrons. The van der Waals surface area contributed by atoms with Crippen LogP contribution in [0.2, 0.25) is 0 Å². The molecule has 0 saturated heterocycles. The Morgan fingerprint density at radius 2 is 2.00 bits per heavy atom. The Bertz CT molecular complexity index is 960. The lowest BCUT2D eigenvalue weighted by atomic mass is 9.97. The highest BCUT2D eigenvalue weighted by Gasteiger charge is 2.18. The number of hydrogen-bond donors (Lipinski definition) is 1. The van der Waals surface area contributed by atoms with E-state index in [1.54, 1.807) is 4.57 Å². The zero-order valence-electron chi connectivity index (χ0n) is 16.9. The number of nitrogens with one attached hydrogen (secondary N) is 1. The Labute approximate surface area is 176 Å². The number of rotatable bonds is 7. The minimum Gasteiger partial charge on any atom is -0.353 e. The van der Waals surface area contributed by atoms with Crippen molar-refractivity contribution in [2.24, 2.45) is 0 Å². The van der Waals surface area contributed by atoms with Crippen molar-refractivity contribution in [3.63, 3.8) is 0 Å². The minimum absolute atomic E-state index is 0.00860. The van der Waals surface area contributed by atoms with Gasteiger partial charge in [-0.2, -0.15) is 0 Å². The molecule has 2 aliphatic rings. The lowest BCUT2D eigenvalue weighted by Gasteiger charge is -2.16. The second-order valence-electron chi connectivity index (χ2n) is 8.06. The first-order valence-corrected chi connectivity index (χ1v) is 11.8. The highest BCUT2D eigenvalue weighted by Crippen LogP contribution is 2.23. The summed E-state index contributed by atoms with van der Waals surface area (Å²) in [7, 11) is 0. The van der Waals surface area contributed by atoms with E-state index in [-0.39, 0.29) is 11.5 Å². The molecule has 1 aromatic heterocycles. The number of nitrogens with zero attached hydrogens (tertiary/aromatic N) is 2. The van der Waals surface area contributed by atoms with Crippen LogP contribution < -0.4 is 10.9 Å². The fourth-order valence-corrected chi connectivity index (χ4v) is 5.15. The summed E-state index contributed by atoms with van der Waals surface area (Å²) in [6.07, 6.45) is 12.5. The van der Waals surface area contributed by atoms with Crippen LogP contribution in [0, 0.1) is 0 Å². The molecular formula is C23H29N3O2S. The molecular weight excluding hydrogens is 382 g/mol. The van der Waals surface area contributed by atoms with E-state index in [1.165, 1.54) is 43.0 Å². The maximum Gasteiger partial charge on any atom is 0.262 e. The summed E-state index contributed by atoms with van der Waals surface area (Å²) in [5, 5.41) is 4.41. The number of aromatic nitrogens is 2. The molecule has 2 aliphatic carbocycles. The number of allylic oxidation sites excluding steroid dienone is 2. The lowest BCUT2D eigenvalue weighted by Crippen LogP contribution is -2.34. The Morgan fingerprint density at radius 3 is 2.79 bits per heavy atom. The molecule has 1 amide bonds. The Balaban J connectivity index is 1.52. The van der Waals surface area contributed by atoms with Crippen LogP contribution >= 0.6 is 11.8 Å². The summed E-state index contributed by atoms with van der Waals surface area (Å²) in [6, 6.07) is 7.79. The van der Waals surface area contributed by atoms with Gasteiger partial charge in [0.15, 0.2) is 5.16 Å². The monoisotopic (exact) mass is 411 g/mol. The topological polar surface area (TPSA) is 64.0 Å². The van der Waals surface area contributed by atoms with Crippen LogP contribution in [0.25, 0.3) is 10.9 Å². The SMILES string of the molecule is O=C(CSc1nc2ccccc2c(=O)n1CCC1=CCCCC1)NC1CCCC1. The molecule has 1 heterocycles. The van der Waals surface area contributed by atoms with E-state index in [1.807, 2.05) is 24.3 Å². The van der Waals surface area contributed by atoms with Gasteiger partial charge >= 0.3 is 0 Å². The van der Waals surface area contributed by atoms with Crippen LogP contribution in [0.5, 0.6) is 0 Å². The van der Waals surface area contributed by atoms with Gasteiger partial charge in [-0.1, -0.05) is 48.4 Å². The van der Waals surface area contributed by atoms with Crippen molar-refractivity contribution < 1.29 is 4.79 Å². The van der Waals surface area contributed by atoms with Gasteiger partial charge in [0.05, 0.1) is 16.7 Å². The van der Waals surface area contributed by atoms with Crippen LogP contribution in [-0.2, 0) is 11.3 Å². The third-order valence-corrected chi connectivity index (χ3v) is 6.90. The zero-order valence-corrected chi connectivity index (χ0v) is 17.7. The standard InChI is InChI=1S/C23H29N3O2S/c27-21(24-18-10-4-5-11-18)16-29-23-25-20-13-7-6-12-19(20)22(28)26(23)15-14-17-8-2-1-3-9-17/h6-8,12-13,18H,1-5,9-11,14-16H2,(H,24,27). The maximum absolute atomic E-state index is 13.1. The maximum atomic E-state index is 13.1. The first-order chi connectivity index (χ1) is 14.2. The predicted molar refractivity (Wildman–Crippen MR) is 118 cm³/mol. The lowest BCUT2D eigenvalue weighted by molar-refractivity contribution is -0.119. The van der Waals surface area contributed by atoms with E-state index >= 15 is 0 Å². The number of thioether (sulfide) groups is 1. The van der Waals surface area contributed by atoms with Gasteiger partial charge in [0.2, 0.25) is 5.91 Å². The quantitative estimate of drug-likeness (QED) is 0.416. The van der Waals surface area contributed by atoms with Crippen molar-refractivity contribution in [2.45, 2.75) is 75.5 Å². The summed E-state index contributed by atoms with van der Waals surface area (Å²) >= 11 is 1.37. The molecule has 6 heteroatoms. The van der Waals surface area contributed by atoms with E-state index in [9.17, 15) is 9.59 Å². The van der Waals surface area contributed by atoms with Gasteiger partial charge < -0.3 is 5.32 Å². The van der Waals surface area contributed by atoms with E-state index in [0.717, 1.165) is 32.1 Å².